The highest BCUT2D eigenvalue weighted by Crippen LogP contribution is 2.11. The number of phenolic OH excluding ortho intramolecular Hbond substituents is 1. The highest BCUT2D eigenvalue weighted by Gasteiger charge is 2.13. The van der Waals surface area contributed by atoms with Gasteiger partial charge in [-0.15, -0.1) is 0 Å². The SMILES string of the molecule is O=C(NCc1cccc(O)c1)c1cccn1CC(F)F. The minimum atomic E-state index is -2.51. The van der Waals surface area contributed by atoms with E-state index in [1.165, 1.54) is 29.0 Å². The number of amides is 1. The summed E-state index contributed by atoms with van der Waals surface area (Å²) >= 11 is 0. The van der Waals surface area contributed by atoms with Crippen LogP contribution in [0.4, 0.5) is 8.78 Å². The lowest BCUT2D eigenvalue weighted by molar-refractivity contribution is 0.0928. The molecule has 0 radical (unpaired) electrons. The van der Waals surface area contributed by atoms with Crippen LogP contribution in [0, 0.1) is 0 Å². The van der Waals surface area contributed by atoms with Crippen molar-refractivity contribution in [1.29, 1.82) is 0 Å². The van der Waals surface area contributed by atoms with Crippen molar-refractivity contribution in [3.63, 3.8) is 0 Å². The zero-order valence-corrected chi connectivity index (χ0v) is 10.6. The van der Waals surface area contributed by atoms with Crippen molar-refractivity contribution in [2.45, 2.75) is 19.5 Å². The number of carbonyl (C=O) groups excluding carboxylic acids is 1. The third-order valence-electron chi connectivity index (χ3n) is 2.76. The number of nitrogens with zero attached hydrogens (tertiary/aromatic N) is 1. The van der Waals surface area contributed by atoms with Gasteiger partial charge in [-0.3, -0.25) is 4.79 Å². The van der Waals surface area contributed by atoms with Crippen molar-refractivity contribution in [2.75, 3.05) is 0 Å². The van der Waals surface area contributed by atoms with Gasteiger partial charge in [0.2, 0.25) is 0 Å². The van der Waals surface area contributed by atoms with Crippen molar-refractivity contribution in [2.24, 2.45) is 0 Å². The van der Waals surface area contributed by atoms with Crippen LogP contribution >= 0.6 is 0 Å². The minimum Gasteiger partial charge on any atom is -0.508 e. The highest BCUT2D eigenvalue weighted by atomic mass is 19.3. The highest BCUT2D eigenvalue weighted by molar-refractivity contribution is 5.92. The number of carbonyl (C=O) groups is 1. The molecule has 2 aromatic rings. The number of hydrogen-bond donors (Lipinski definition) is 2. The molecule has 0 aliphatic rings. The number of rotatable bonds is 5. The molecule has 1 aromatic heterocycles. The fourth-order valence-corrected chi connectivity index (χ4v) is 1.87. The lowest BCUT2D eigenvalue weighted by atomic mass is 10.2. The molecule has 0 saturated heterocycles. The third kappa shape index (κ3) is 3.57. The molecule has 1 amide bonds. The van der Waals surface area contributed by atoms with E-state index in [4.69, 9.17) is 0 Å². The molecule has 0 aliphatic heterocycles. The second kappa shape index (κ2) is 6.18. The van der Waals surface area contributed by atoms with Crippen LogP contribution in [0.15, 0.2) is 42.6 Å². The Morgan fingerprint density at radius 1 is 1.30 bits per heavy atom. The summed E-state index contributed by atoms with van der Waals surface area (Å²) < 4.78 is 25.9. The molecular weight excluding hydrogens is 266 g/mol. The fraction of sp³-hybridized carbons (Fsp3) is 0.214. The van der Waals surface area contributed by atoms with Crippen molar-refractivity contribution in [3.05, 3.63) is 53.9 Å². The van der Waals surface area contributed by atoms with E-state index >= 15 is 0 Å². The molecule has 0 aliphatic carbocycles. The summed E-state index contributed by atoms with van der Waals surface area (Å²) in [5, 5.41) is 11.9. The monoisotopic (exact) mass is 280 g/mol. The summed E-state index contributed by atoms with van der Waals surface area (Å²) in [5.41, 5.74) is 0.913. The van der Waals surface area contributed by atoms with Gasteiger partial charge in [0.1, 0.15) is 11.4 Å². The van der Waals surface area contributed by atoms with E-state index in [0.717, 1.165) is 5.56 Å². The number of hydrogen-bond acceptors (Lipinski definition) is 2. The first-order valence-electron chi connectivity index (χ1n) is 6.05. The lowest BCUT2D eigenvalue weighted by Gasteiger charge is -2.09. The van der Waals surface area contributed by atoms with Crippen molar-refractivity contribution >= 4 is 5.91 Å². The number of alkyl halides is 2. The molecule has 0 unspecified atom stereocenters. The Balaban J connectivity index is 2.00. The molecule has 2 rings (SSSR count). The summed E-state index contributed by atoms with van der Waals surface area (Å²) in [5.74, 6) is -0.322. The molecule has 4 nitrogen and oxygen atoms in total. The molecule has 1 heterocycles. The van der Waals surface area contributed by atoms with Gasteiger partial charge < -0.3 is 15.0 Å². The summed E-state index contributed by atoms with van der Waals surface area (Å²) in [6, 6.07) is 9.50. The number of benzene rings is 1. The van der Waals surface area contributed by atoms with Crippen LogP contribution < -0.4 is 5.32 Å². The zero-order chi connectivity index (χ0) is 14.5. The molecular formula is C14H14F2N2O2. The van der Waals surface area contributed by atoms with Crippen molar-refractivity contribution < 1.29 is 18.7 Å². The van der Waals surface area contributed by atoms with Gasteiger partial charge in [-0.1, -0.05) is 12.1 Å². The number of phenols is 1. The smallest absolute Gasteiger partial charge is 0.268 e. The molecule has 0 spiro atoms. The molecule has 106 valence electrons. The van der Waals surface area contributed by atoms with Crippen molar-refractivity contribution in [1.82, 2.24) is 9.88 Å². The summed E-state index contributed by atoms with van der Waals surface area (Å²) in [6.45, 7) is -0.297. The van der Waals surface area contributed by atoms with E-state index in [0.29, 0.717) is 0 Å². The van der Waals surface area contributed by atoms with E-state index in [9.17, 15) is 18.7 Å². The van der Waals surface area contributed by atoms with Gasteiger partial charge >= 0.3 is 0 Å². The summed E-state index contributed by atoms with van der Waals surface area (Å²) in [7, 11) is 0. The van der Waals surface area contributed by atoms with Gasteiger partial charge in [0.05, 0.1) is 6.54 Å². The van der Waals surface area contributed by atoms with Gasteiger partial charge in [0.15, 0.2) is 0 Å². The topological polar surface area (TPSA) is 54.3 Å². The first-order chi connectivity index (χ1) is 9.56. The molecule has 20 heavy (non-hydrogen) atoms. The Kier molecular flexibility index (Phi) is 4.34. The Hall–Kier alpha value is -2.37. The average molecular weight is 280 g/mol. The van der Waals surface area contributed by atoms with E-state index in [2.05, 4.69) is 5.32 Å². The van der Waals surface area contributed by atoms with Crippen LogP contribution in [0.2, 0.25) is 0 Å². The maximum atomic E-state index is 12.4. The molecule has 0 bridgehead atoms. The standard InChI is InChI=1S/C14H14F2N2O2/c15-13(16)9-18-6-2-5-12(18)14(20)17-8-10-3-1-4-11(19)7-10/h1-7,13,19H,8-9H2,(H,17,20). The normalized spacial score (nSPS) is 10.8. The predicted octanol–water partition coefficient (Wildman–Crippen LogP) is 2.39. The third-order valence-corrected chi connectivity index (χ3v) is 2.76. The van der Waals surface area contributed by atoms with E-state index < -0.39 is 18.9 Å². The molecule has 6 heteroatoms. The maximum absolute atomic E-state index is 12.4. The molecule has 0 atom stereocenters. The first-order valence-corrected chi connectivity index (χ1v) is 6.05. The van der Waals surface area contributed by atoms with E-state index in [1.807, 2.05) is 0 Å². The van der Waals surface area contributed by atoms with Crippen LogP contribution in [0.1, 0.15) is 16.1 Å². The zero-order valence-electron chi connectivity index (χ0n) is 10.6. The number of aromatic nitrogens is 1. The summed E-state index contributed by atoms with van der Waals surface area (Å²) in [4.78, 5) is 11.9. The number of halogens is 2. The van der Waals surface area contributed by atoms with Gasteiger partial charge in [0.25, 0.3) is 12.3 Å². The van der Waals surface area contributed by atoms with Crippen LogP contribution in [0.25, 0.3) is 0 Å². The van der Waals surface area contributed by atoms with Crippen LogP contribution in [-0.4, -0.2) is 22.0 Å². The van der Waals surface area contributed by atoms with Gasteiger partial charge in [-0.25, -0.2) is 8.78 Å². The Bertz CT molecular complexity index is 596. The molecule has 2 N–H and O–H groups in total. The van der Waals surface area contributed by atoms with Gasteiger partial charge in [-0.2, -0.15) is 0 Å². The first kappa shape index (κ1) is 14.0. The van der Waals surface area contributed by atoms with Crippen molar-refractivity contribution in [3.8, 4) is 5.75 Å². The maximum Gasteiger partial charge on any atom is 0.268 e. The molecule has 1 aromatic carbocycles. The fourth-order valence-electron chi connectivity index (χ4n) is 1.87. The van der Waals surface area contributed by atoms with Crippen LogP contribution in [0.5, 0.6) is 5.75 Å². The van der Waals surface area contributed by atoms with Gasteiger partial charge in [-0.05, 0) is 29.8 Å². The second-order valence-electron chi connectivity index (χ2n) is 4.29. The summed E-state index contributed by atoms with van der Waals surface area (Å²) in [6.07, 6.45) is -1.07. The Labute approximate surface area is 114 Å². The Morgan fingerprint density at radius 3 is 2.80 bits per heavy atom. The molecule has 0 saturated carbocycles. The van der Waals surface area contributed by atoms with E-state index in [-0.39, 0.29) is 18.0 Å². The minimum absolute atomic E-state index is 0.109. The van der Waals surface area contributed by atoms with Gasteiger partial charge in [0, 0.05) is 12.7 Å². The Morgan fingerprint density at radius 2 is 2.10 bits per heavy atom. The number of nitrogens with one attached hydrogen (secondary N) is 1. The largest absolute Gasteiger partial charge is 0.508 e. The quantitative estimate of drug-likeness (QED) is 0.883. The lowest BCUT2D eigenvalue weighted by Crippen LogP contribution is -2.26. The average Bonchev–Trinajstić information content (AvgIpc) is 2.83. The molecule has 0 fully saturated rings. The van der Waals surface area contributed by atoms with Crippen LogP contribution in [-0.2, 0) is 13.1 Å². The van der Waals surface area contributed by atoms with E-state index in [1.54, 1.807) is 18.2 Å². The number of aromatic hydroxyl groups is 1. The predicted molar refractivity (Wildman–Crippen MR) is 69.7 cm³/mol. The van der Waals surface area contributed by atoms with Crippen LogP contribution in [0.3, 0.4) is 0 Å². The second-order valence-corrected chi connectivity index (χ2v) is 4.29.